The first-order valence-corrected chi connectivity index (χ1v) is 13.8. The lowest BCUT2D eigenvalue weighted by Gasteiger charge is -2.39. The molecular formula is C35H27FN2O4. The minimum atomic E-state index is -1.43. The second-order valence-corrected chi connectivity index (χ2v) is 11.0. The summed E-state index contributed by atoms with van der Waals surface area (Å²) in [5, 5.41) is 3.03. The van der Waals surface area contributed by atoms with E-state index in [4.69, 9.17) is 4.74 Å². The number of allylic oxidation sites excluding steroid dienone is 1. The number of hydrogen-bond acceptors (Lipinski definition) is 5. The number of ether oxygens (including phenoxy) is 1. The third-order valence-corrected chi connectivity index (χ3v) is 8.92. The Bertz CT molecular complexity index is 1810. The van der Waals surface area contributed by atoms with Crippen LogP contribution in [0, 0.1) is 11.7 Å². The van der Waals surface area contributed by atoms with Crippen LogP contribution in [0.5, 0.6) is 5.75 Å². The summed E-state index contributed by atoms with van der Waals surface area (Å²) >= 11 is 0. The summed E-state index contributed by atoms with van der Waals surface area (Å²) in [6, 6.07) is 25.5. The number of rotatable bonds is 5. The predicted octanol–water partition coefficient (Wildman–Crippen LogP) is 6.08. The Hall–Kier alpha value is -5.04. The number of carbonyl (C=O) groups is 3. The molecule has 1 N–H and O–H groups in total. The standard InChI is InChI=1S/C35H27FN2O4/c1-20-18-29-35(26-11-4-5-12-27(26)37-34(35)41)30(32(39)21-14-16-23(36)17-15-21)31(38(29)28-13-6-3-10-25(20)28)33(40)22-8-7-9-24(19-22)42-2/h3-19,29-31H,1-2H3,(H,37,41)/t29-,30+,31+,35-/m1/s1. The Morgan fingerprint density at radius 1 is 0.881 bits per heavy atom. The maximum absolute atomic E-state index is 14.8. The molecule has 0 aliphatic carbocycles. The molecule has 3 aliphatic heterocycles. The first-order valence-electron chi connectivity index (χ1n) is 13.8. The average molecular weight is 559 g/mol. The van der Waals surface area contributed by atoms with Crippen LogP contribution >= 0.6 is 0 Å². The molecule has 0 saturated carbocycles. The van der Waals surface area contributed by atoms with Crippen LogP contribution in [0.2, 0.25) is 0 Å². The van der Waals surface area contributed by atoms with Gasteiger partial charge in [0.05, 0.1) is 19.1 Å². The topological polar surface area (TPSA) is 75.7 Å². The fourth-order valence-electron chi connectivity index (χ4n) is 7.13. The van der Waals surface area contributed by atoms with Crippen molar-refractivity contribution in [3.63, 3.8) is 0 Å². The van der Waals surface area contributed by atoms with Gasteiger partial charge in [0.2, 0.25) is 5.91 Å². The summed E-state index contributed by atoms with van der Waals surface area (Å²) in [7, 11) is 1.53. The van der Waals surface area contributed by atoms with E-state index >= 15 is 0 Å². The molecule has 0 radical (unpaired) electrons. The zero-order chi connectivity index (χ0) is 29.2. The van der Waals surface area contributed by atoms with Crippen molar-refractivity contribution < 1.29 is 23.5 Å². The SMILES string of the molecule is COc1cccc(C(=O)[C@@H]2[C@@H](C(=O)c3ccc(F)cc3)[C@]3(C(=O)Nc4ccccc43)[C@H]3C=C(C)c4ccccc4N23)c1. The van der Waals surface area contributed by atoms with Crippen molar-refractivity contribution >= 4 is 34.4 Å². The molecule has 42 heavy (non-hydrogen) atoms. The van der Waals surface area contributed by atoms with E-state index in [1.807, 2.05) is 66.4 Å². The summed E-state index contributed by atoms with van der Waals surface area (Å²) in [4.78, 5) is 45.9. The molecule has 1 spiro atoms. The van der Waals surface area contributed by atoms with Gasteiger partial charge in [-0.25, -0.2) is 4.39 Å². The highest BCUT2D eigenvalue weighted by atomic mass is 19.1. The molecular weight excluding hydrogens is 531 g/mol. The van der Waals surface area contributed by atoms with Crippen LogP contribution in [0.4, 0.5) is 15.8 Å². The van der Waals surface area contributed by atoms with Crippen LogP contribution in [-0.2, 0) is 10.2 Å². The summed E-state index contributed by atoms with van der Waals surface area (Å²) in [6.07, 6.45) is 2.01. The Morgan fingerprint density at radius 2 is 1.62 bits per heavy atom. The number of para-hydroxylation sites is 2. The fourth-order valence-corrected chi connectivity index (χ4v) is 7.13. The molecule has 6 nitrogen and oxygen atoms in total. The monoisotopic (exact) mass is 558 g/mol. The summed E-state index contributed by atoms with van der Waals surface area (Å²) in [5.74, 6) is -2.16. The van der Waals surface area contributed by atoms with Gasteiger partial charge in [-0.3, -0.25) is 14.4 Å². The summed E-state index contributed by atoms with van der Waals surface area (Å²) in [5.41, 5.74) is 3.08. The number of fused-ring (bicyclic) bond motifs is 6. The molecule has 3 heterocycles. The van der Waals surface area contributed by atoms with Crippen molar-refractivity contribution in [3.05, 3.63) is 131 Å². The van der Waals surface area contributed by atoms with Gasteiger partial charge in [0.15, 0.2) is 11.6 Å². The highest BCUT2D eigenvalue weighted by Crippen LogP contribution is 2.58. The zero-order valence-electron chi connectivity index (χ0n) is 23.0. The van der Waals surface area contributed by atoms with E-state index in [-0.39, 0.29) is 17.3 Å². The summed E-state index contributed by atoms with van der Waals surface area (Å²) in [6.45, 7) is 1.98. The number of Topliss-reactive ketones (excluding diaryl/α,β-unsaturated/α-hetero) is 2. The van der Waals surface area contributed by atoms with E-state index in [2.05, 4.69) is 5.32 Å². The molecule has 7 heteroatoms. The van der Waals surface area contributed by atoms with Gasteiger partial charge in [0.1, 0.15) is 23.0 Å². The van der Waals surface area contributed by atoms with Gasteiger partial charge in [-0.15, -0.1) is 0 Å². The Morgan fingerprint density at radius 3 is 2.40 bits per heavy atom. The van der Waals surface area contributed by atoms with Crippen LogP contribution < -0.4 is 15.0 Å². The maximum atomic E-state index is 14.8. The minimum Gasteiger partial charge on any atom is -0.497 e. The quantitative estimate of drug-likeness (QED) is 0.301. The number of hydrogen-bond donors (Lipinski definition) is 1. The number of nitrogens with one attached hydrogen (secondary N) is 1. The Kier molecular flexibility index (Phi) is 5.87. The first kappa shape index (κ1) is 25.9. The van der Waals surface area contributed by atoms with Gasteiger partial charge >= 0.3 is 0 Å². The number of amides is 1. The molecule has 208 valence electrons. The third-order valence-electron chi connectivity index (χ3n) is 8.92. The van der Waals surface area contributed by atoms with Crippen LogP contribution in [0.25, 0.3) is 5.57 Å². The van der Waals surface area contributed by atoms with E-state index in [1.165, 1.54) is 31.4 Å². The molecule has 7 rings (SSSR count). The van der Waals surface area contributed by atoms with Crippen LogP contribution in [0.1, 0.15) is 38.8 Å². The second kappa shape index (κ2) is 9.52. The Balaban J connectivity index is 1.55. The van der Waals surface area contributed by atoms with Crippen LogP contribution in [0.3, 0.4) is 0 Å². The summed E-state index contributed by atoms with van der Waals surface area (Å²) < 4.78 is 19.4. The number of methoxy groups -OCH3 is 1. The third kappa shape index (κ3) is 3.52. The number of halogens is 1. The number of carbonyl (C=O) groups excluding carboxylic acids is 3. The molecule has 1 saturated heterocycles. The molecule has 3 aliphatic rings. The number of benzene rings is 4. The molecule has 1 amide bonds. The van der Waals surface area contributed by atoms with Crippen molar-refractivity contribution in [2.24, 2.45) is 5.92 Å². The van der Waals surface area contributed by atoms with Crippen molar-refractivity contribution in [2.45, 2.75) is 24.4 Å². The molecule has 0 unspecified atom stereocenters. The van der Waals surface area contributed by atoms with Gasteiger partial charge < -0.3 is 15.0 Å². The van der Waals surface area contributed by atoms with E-state index < -0.39 is 35.0 Å². The van der Waals surface area contributed by atoms with Gasteiger partial charge in [-0.2, -0.15) is 0 Å². The highest BCUT2D eigenvalue weighted by Gasteiger charge is 2.70. The number of anilines is 2. The molecule has 4 atom stereocenters. The lowest BCUT2D eigenvalue weighted by atomic mass is 9.64. The molecule has 0 bridgehead atoms. The second-order valence-electron chi connectivity index (χ2n) is 11.0. The van der Waals surface area contributed by atoms with Crippen LogP contribution in [0.15, 0.2) is 103 Å². The van der Waals surface area contributed by atoms with Crippen LogP contribution in [-0.4, -0.2) is 36.7 Å². The molecule has 4 aromatic rings. The van der Waals surface area contributed by atoms with E-state index in [9.17, 15) is 18.8 Å². The van der Waals surface area contributed by atoms with Crippen molar-refractivity contribution in [2.75, 3.05) is 17.3 Å². The number of nitrogens with zero attached hydrogens (tertiary/aromatic N) is 1. The maximum Gasteiger partial charge on any atom is 0.238 e. The van der Waals surface area contributed by atoms with Crippen molar-refractivity contribution in [1.29, 1.82) is 0 Å². The average Bonchev–Trinajstić information content (AvgIpc) is 3.49. The largest absolute Gasteiger partial charge is 0.497 e. The molecule has 4 aromatic carbocycles. The molecule has 0 aromatic heterocycles. The zero-order valence-corrected chi connectivity index (χ0v) is 23.0. The van der Waals surface area contributed by atoms with E-state index in [0.29, 0.717) is 22.6 Å². The smallest absolute Gasteiger partial charge is 0.238 e. The lowest BCUT2D eigenvalue weighted by molar-refractivity contribution is -0.121. The predicted molar refractivity (Wildman–Crippen MR) is 158 cm³/mol. The van der Waals surface area contributed by atoms with Gasteiger partial charge in [0, 0.05) is 28.1 Å². The van der Waals surface area contributed by atoms with Gasteiger partial charge in [-0.1, -0.05) is 54.6 Å². The highest BCUT2D eigenvalue weighted by molar-refractivity contribution is 6.18. The van der Waals surface area contributed by atoms with E-state index in [1.54, 1.807) is 24.3 Å². The normalized spacial score (nSPS) is 23.5. The Labute approximate surface area is 242 Å². The molecule has 1 fully saturated rings. The van der Waals surface area contributed by atoms with Crippen molar-refractivity contribution in [3.8, 4) is 5.75 Å². The minimum absolute atomic E-state index is 0.232. The first-order chi connectivity index (χ1) is 20.4. The van der Waals surface area contributed by atoms with Gasteiger partial charge in [-0.05, 0) is 66.6 Å². The van der Waals surface area contributed by atoms with Gasteiger partial charge in [0.25, 0.3) is 0 Å². The number of ketones is 2. The fraction of sp³-hybridized carbons (Fsp3) is 0.171. The van der Waals surface area contributed by atoms with Crippen molar-refractivity contribution in [1.82, 2.24) is 0 Å². The lowest BCUT2D eigenvalue weighted by Crippen LogP contribution is -2.51. The van der Waals surface area contributed by atoms with E-state index in [0.717, 1.165) is 16.8 Å².